The molecule has 0 atom stereocenters. The predicted octanol–water partition coefficient (Wildman–Crippen LogP) is 3.53. The zero-order valence-electron chi connectivity index (χ0n) is 14.9. The molecule has 0 radical (unpaired) electrons. The molecule has 2 aliphatic rings. The molecule has 0 spiro atoms. The summed E-state index contributed by atoms with van der Waals surface area (Å²) in [5.41, 5.74) is 1.89. The molecule has 0 aromatic carbocycles. The minimum absolute atomic E-state index is 0.0364. The van der Waals surface area contributed by atoms with Crippen LogP contribution in [0, 0.1) is 45.3 Å². The van der Waals surface area contributed by atoms with Crippen LogP contribution >= 0.6 is 11.8 Å². The van der Waals surface area contributed by atoms with E-state index in [1.54, 1.807) is 0 Å². The van der Waals surface area contributed by atoms with E-state index in [9.17, 15) is 20.6 Å². The lowest BCUT2D eigenvalue weighted by atomic mass is 9.72. The molecule has 0 aromatic heterocycles. The molecular weight excluding hydrogens is 332 g/mol. The molecule has 0 bridgehead atoms. The van der Waals surface area contributed by atoms with E-state index in [1.165, 1.54) is 11.8 Å². The largest absolute Gasteiger partial charge is 0.374 e. The van der Waals surface area contributed by atoms with Gasteiger partial charge in [-0.25, -0.2) is 0 Å². The maximum absolute atomic E-state index is 11.9. The van der Waals surface area contributed by atoms with Crippen molar-refractivity contribution in [1.29, 1.82) is 15.8 Å². The molecule has 0 amide bonds. The normalized spacial score (nSPS) is 20.5. The van der Waals surface area contributed by atoms with Gasteiger partial charge in [-0.05, 0) is 37.4 Å². The topological polar surface area (TPSA) is 91.7 Å². The van der Waals surface area contributed by atoms with Crippen molar-refractivity contribution < 1.29 is 4.79 Å². The highest BCUT2D eigenvalue weighted by Crippen LogP contribution is 2.44. The second-order valence-corrected chi connectivity index (χ2v) is 8.12. The van der Waals surface area contributed by atoms with Gasteiger partial charge in [0.1, 0.15) is 23.8 Å². The van der Waals surface area contributed by atoms with Gasteiger partial charge in [0, 0.05) is 30.3 Å². The van der Waals surface area contributed by atoms with Crippen LogP contribution in [0.15, 0.2) is 22.4 Å². The van der Waals surface area contributed by atoms with Gasteiger partial charge in [-0.15, -0.1) is 0 Å². The first-order chi connectivity index (χ1) is 11.9. The van der Waals surface area contributed by atoms with E-state index in [1.807, 2.05) is 18.4 Å². The molecule has 25 heavy (non-hydrogen) atoms. The van der Waals surface area contributed by atoms with Gasteiger partial charge < -0.3 is 4.90 Å². The van der Waals surface area contributed by atoms with Gasteiger partial charge in [-0.2, -0.15) is 15.8 Å². The summed E-state index contributed by atoms with van der Waals surface area (Å²) in [6.45, 7) is 5.65. The fourth-order valence-corrected chi connectivity index (χ4v) is 4.24. The van der Waals surface area contributed by atoms with Crippen LogP contribution in [0.25, 0.3) is 0 Å². The van der Waals surface area contributed by atoms with Gasteiger partial charge in [0.05, 0.1) is 5.57 Å². The van der Waals surface area contributed by atoms with Crippen molar-refractivity contribution in [3.63, 3.8) is 0 Å². The number of nitrogens with zero attached hydrogens (tertiary/aromatic N) is 4. The minimum Gasteiger partial charge on any atom is -0.374 e. The van der Waals surface area contributed by atoms with E-state index in [-0.39, 0.29) is 22.0 Å². The fourth-order valence-electron chi connectivity index (χ4n) is 3.67. The highest BCUT2D eigenvalue weighted by atomic mass is 32.2. The zero-order chi connectivity index (χ0) is 18.6. The number of carbonyl (C=O) groups is 1. The molecule has 0 aromatic rings. The maximum Gasteiger partial charge on any atom is 0.191 e. The molecule has 0 unspecified atom stereocenters. The lowest BCUT2D eigenvalue weighted by molar-refractivity contribution is -0.115. The smallest absolute Gasteiger partial charge is 0.191 e. The minimum atomic E-state index is -0.115. The number of thioether (sulfide) groups is 1. The lowest BCUT2D eigenvalue weighted by Gasteiger charge is -2.41. The first-order valence-corrected chi connectivity index (χ1v) is 9.59. The standard InChI is InChI=1S/C19H22N4OS/c1-19(2)8-15(14(10-20)11-21)16(12-22)17(9-19)23-6-4-13(5-7-23)18(24)25-3/h13H,4-9H2,1-3H3. The molecular formula is C19H22N4OS. The summed E-state index contributed by atoms with van der Waals surface area (Å²) in [4.78, 5) is 14.1. The summed E-state index contributed by atoms with van der Waals surface area (Å²) in [6.07, 6.45) is 4.68. The van der Waals surface area contributed by atoms with Crippen molar-refractivity contribution >= 4 is 16.9 Å². The van der Waals surface area contributed by atoms with Crippen LogP contribution in [0.2, 0.25) is 0 Å². The van der Waals surface area contributed by atoms with Gasteiger partial charge in [0.25, 0.3) is 0 Å². The SMILES string of the molecule is CSC(=O)C1CCN(C2=C(C#N)C(=C(C#N)C#N)CC(C)(C)C2)CC1. The number of hydrogen-bond acceptors (Lipinski definition) is 6. The molecule has 6 heteroatoms. The van der Waals surface area contributed by atoms with Gasteiger partial charge in [-0.1, -0.05) is 25.6 Å². The fraction of sp³-hybridized carbons (Fsp3) is 0.579. The molecule has 5 nitrogen and oxygen atoms in total. The van der Waals surface area contributed by atoms with E-state index in [2.05, 4.69) is 24.8 Å². The molecule has 0 N–H and O–H groups in total. The van der Waals surface area contributed by atoms with Gasteiger partial charge >= 0.3 is 0 Å². The van der Waals surface area contributed by atoms with Crippen LogP contribution in [0.3, 0.4) is 0 Å². The van der Waals surface area contributed by atoms with Crippen molar-refractivity contribution in [3.05, 3.63) is 22.4 Å². The van der Waals surface area contributed by atoms with Crippen LogP contribution < -0.4 is 0 Å². The number of allylic oxidation sites excluding steroid dienone is 4. The third kappa shape index (κ3) is 4.06. The summed E-state index contributed by atoms with van der Waals surface area (Å²) in [7, 11) is 0. The molecule has 1 aliphatic heterocycles. The summed E-state index contributed by atoms with van der Waals surface area (Å²) in [6, 6.07) is 6.13. The van der Waals surface area contributed by atoms with E-state index >= 15 is 0 Å². The van der Waals surface area contributed by atoms with Gasteiger partial charge in [0.2, 0.25) is 0 Å². The Kier molecular flexibility index (Phi) is 5.93. The Morgan fingerprint density at radius 2 is 1.76 bits per heavy atom. The molecule has 1 fully saturated rings. The van der Waals surface area contributed by atoms with Crippen LogP contribution in [0.4, 0.5) is 0 Å². The summed E-state index contributed by atoms with van der Waals surface area (Å²) in [5.74, 6) is 0.0813. The van der Waals surface area contributed by atoms with Crippen LogP contribution in [0.5, 0.6) is 0 Å². The number of hydrogen-bond donors (Lipinski definition) is 0. The van der Waals surface area contributed by atoms with Crippen molar-refractivity contribution in [3.8, 4) is 18.2 Å². The Bertz CT molecular complexity index is 734. The van der Waals surface area contributed by atoms with Crippen molar-refractivity contribution in [2.45, 2.75) is 39.5 Å². The summed E-state index contributed by atoms with van der Waals surface area (Å²) < 4.78 is 0. The zero-order valence-corrected chi connectivity index (χ0v) is 15.7. The Balaban J connectivity index is 2.39. The van der Waals surface area contributed by atoms with Gasteiger partial charge in [-0.3, -0.25) is 4.79 Å². The van der Waals surface area contributed by atoms with Crippen molar-refractivity contribution in [1.82, 2.24) is 4.90 Å². The summed E-state index contributed by atoms with van der Waals surface area (Å²) in [5, 5.41) is 28.5. The Morgan fingerprint density at radius 3 is 2.24 bits per heavy atom. The quantitative estimate of drug-likeness (QED) is 0.704. The summed E-state index contributed by atoms with van der Waals surface area (Å²) >= 11 is 1.28. The molecule has 1 heterocycles. The van der Waals surface area contributed by atoms with E-state index in [0.717, 1.165) is 38.0 Å². The Hall–Kier alpha value is -2.23. The number of carbonyl (C=O) groups excluding carboxylic acids is 1. The lowest BCUT2D eigenvalue weighted by Crippen LogP contribution is -2.38. The number of rotatable bonds is 2. The second-order valence-electron chi connectivity index (χ2n) is 7.31. The van der Waals surface area contributed by atoms with Crippen molar-refractivity contribution in [2.24, 2.45) is 11.3 Å². The van der Waals surface area contributed by atoms with E-state index in [0.29, 0.717) is 17.6 Å². The van der Waals surface area contributed by atoms with Crippen molar-refractivity contribution in [2.75, 3.05) is 19.3 Å². The third-order valence-electron chi connectivity index (χ3n) is 4.94. The van der Waals surface area contributed by atoms with E-state index < -0.39 is 0 Å². The van der Waals surface area contributed by atoms with Crippen LogP contribution in [0.1, 0.15) is 39.5 Å². The highest BCUT2D eigenvalue weighted by Gasteiger charge is 2.36. The number of piperidine rings is 1. The van der Waals surface area contributed by atoms with E-state index in [4.69, 9.17) is 0 Å². The molecule has 2 rings (SSSR count). The third-order valence-corrected chi connectivity index (χ3v) is 5.68. The maximum atomic E-state index is 11.9. The first kappa shape index (κ1) is 19.1. The molecule has 1 saturated heterocycles. The number of nitriles is 3. The monoisotopic (exact) mass is 354 g/mol. The predicted molar refractivity (Wildman–Crippen MR) is 96.7 cm³/mol. The average molecular weight is 354 g/mol. The first-order valence-electron chi connectivity index (χ1n) is 8.36. The average Bonchev–Trinajstić information content (AvgIpc) is 2.61. The Labute approximate surface area is 153 Å². The molecule has 1 aliphatic carbocycles. The van der Waals surface area contributed by atoms with Gasteiger partial charge in [0.15, 0.2) is 5.12 Å². The second kappa shape index (κ2) is 7.77. The van der Waals surface area contributed by atoms with Crippen LogP contribution in [-0.2, 0) is 4.79 Å². The highest BCUT2D eigenvalue weighted by molar-refractivity contribution is 8.13. The number of likely N-dealkylation sites (tertiary alicyclic amines) is 1. The molecule has 0 saturated carbocycles. The molecule has 130 valence electrons. The van der Waals surface area contributed by atoms with Crippen LogP contribution in [-0.4, -0.2) is 29.4 Å². The Morgan fingerprint density at radius 1 is 1.16 bits per heavy atom.